The minimum Gasteiger partial charge on any atom is -0.383 e. The Kier molecular flexibility index (Phi) is 5.41. The Hall–Kier alpha value is -2.16. The molecule has 9 heteroatoms. The Morgan fingerprint density at radius 3 is 2.33 bits per heavy atom. The third kappa shape index (κ3) is 4.07. The molecule has 6 nitrogen and oxygen atoms in total. The smallest absolute Gasteiger partial charge is 0.280 e. The van der Waals surface area contributed by atoms with Gasteiger partial charge in [0.15, 0.2) is 5.03 Å². The number of nitrogen functional groups attached to an aromatic ring is 1. The van der Waals surface area contributed by atoms with Gasteiger partial charge in [0.05, 0.1) is 15.2 Å². The molecule has 0 bridgehead atoms. The molecule has 140 valence electrons. The molecule has 0 aliphatic carbocycles. The van der Waals surface area contributed by atoms with Crippen LogP contribution in [0.25, 0.3) is 11.3 Å². The van der Waals surface area contributed by atoms with Crippen molar-refractivity contribution in [3.05, 3.63) is 63.1 Å². The van der Waals surface area contributed by atoms with E-state index in [1.165, 1.54) is 18.2 Å². The van der Waals surface area contributed by atoms with Crippen molar-refractivity contribution in [2.75, 3.05) is 10.5 Å². The van der Waals surface area contributed by atoms with Gasteiger partial charge in [-0.2, -0.15) is 8.42 Å². The first-order chi connectivity index (χ1) is 12.7. The third-order valence-electron chi connectivity index (χ3n) is 3.93. The van der Waals surface area contributed by atoms with Crippen LogP contribution in [0.2, 0.25) is 5.02 Å². The van der Waals surface area contributed by atoms with E-state index in [1.807, 2.05) is 32.0 Å². The molecule has 0 amide bonds. The highest BCUT2D eigenvalue weighted by Crippen LogP contribution is 2.32. The van der Waals surface area contributed by atoms with Gasteiger partial charge in [-0.15, -0.1) is 0 Å². The Balaban J connectivity index is 2.03. The average molecular weight is 468 g/mol. The highest BCUT2D eigenvalue weighted by molar-refractivity contribution is 9.10. The van der Waals surface area contributed by atoms with E-state index in [1.54, 1.807) is 6.07 Å². The molecule has 0 atom stereocenters. The molecular formula is C18H16BrClN4O2S. The second-order valence-electron chi connectivity index (χ2n) is 5.92. The number of aromatic nitrogens is 2. The molecule has 0 aliphatic heterocycles. The van der Waals surface area contributed by atoms with Gasteiger partial charge in [0, 0.05) is 5.56 Å². The largest absolute Gasteiger partial charge is 0.383 e. The summed E-state index contributed by atoms with van der Waals surface area (Å²) in [5, 5.41) is 0.231. The highest BCUT2D eigenvalue weighted by atomic mass is 79.9. The SMILES string of the molecule is Cc1cccc(C)c1-c1nc(NS(=O)(=O)c2ccc(Br)c(N)n2)ccc1Cl. The summed E-state index contributed by atoms with van der Waals surface area (Å²) in [5.41, 5.74) is 9.05. The van der Waals surface area contributed by atoms with Gasteiger partial charge in [0.2, 0.25) is 0 Å². The van der Waals surface area contributed by atoms with E-state index in [0.717, 1.165) is 16.7 Å². The summed E-state index contributed by atoms with van der Waals surface area (Å²) in [6.07, 6.45) is 0. The van der Waals surface area contributed by atoms with E-state index in [9.17, 15) is 8.42 Å². The number of nitrogens with zero attached hydrogens (tertiary/aromatic N) is 2. The van der Waals surface area contributed by atoms with Gasteiger partial charge >= 0.3 is 0 Å². The van der Waals surface area contributed by atoms with Gasteiger partial charge in [-0.05, 0) is 65.2 Å². The van der Waals surface area contributed by atoms with Crippen molar-refractivity contribution in [1.82, 2.24) is 9.97 Å². The van der Waals surface area contributed by atoms with Gasteiger partial charge in [0.25, 0.3) is 10.0 Å². The zero-order valence-corrected chi connectivity index (χ0v) is 17.7. The molecular weight excluding hydrogens is 452 g/mol. The van der Waals surface area contributed by atoms with Crippen LogP contribution in [0.4, 0.5) is 11.6 Å². The number of nitrogens with one attached hydrogen (secondary N) is 1. The molecule has 27 heavy (non-hydrogen) atoms. The zero-order chi connectivity index (χ0) is 19.8. The minimum atomic E-state index is -3.95. The molecule has 0 fully saturated rings. The second-order valence-corrected chi connectivity index (χ2v) is 8.81. The van der Waals surface area contributed by atoms with Crippen molar-refractivity contribution < 1.29 is 8.42 Å². The lowest BCUT2D eigenvalue weighted by Crippen LogP contribution is -2.16. The number of hydrogen-bond acceptors (Lipinski definition) is 5. The summed E-state index contributed by atoms with van der Waals surface area (Å²) in [6.45, 7) is 3.90. The number of benzene rings is 1. The molecule has 0 aliphatic rings. The Bertz CT molecular complexity index is 1120. The van der Waals surface area contributed by atoms with Crippen molar-refractivity contribution in [3.8, 4) is 11.3 Å². The van der Waals surface area contributed by atoms with Crippen molar-refractivity contribution >= 4 is 49.2 Å². The predicted molar refractivity (Wildman–Crippen MR) is 111 cm³/mol. The number of nitrogens with two attached hydrogens (primary N) is 1. The number of halogens is 2. The summed E-state index contributed by atoms with van der Waals surface area (Å²) in [5.74, 6) is 0.221. The van der Waals surface area contributed by atoms with Crippen molar-refractivity contribution in [2.24, 2.45) is 0 Å². The number of sulfonamides is 1. The fourth-order valence-electron chi connectivity index (χ4n) is 2.64. The van der Waals surface area contributed by atoms with Crippen LogP contribution in [-0.4, -0.2) is 18.4 Å². The zero-order valence-electron chi connectivity index (χ0n) is 14.5. The monoisotopic (exact) mass is 466 g/mol. The summed E-state index contributed by atoms with van der Waals surface area (Å²) >= 11 is 9.52. The first kappa shape index (κ1) is 19.6. The minimum absolute atomic E-state index is 0.0816. The van der Waals surface area contributed by atoms with Gasteiger partial charge < -0.3 is 5.73 Å². The van der Waals surface area contributed by atoms with E-state index in [0.29, 0.717) is 15.2 Å². The number of hydrogen-bond donors (Lipinski definition) is 2. The maximum absolute atomic E-state index is 12.6. The van der Waals surface area contributed by atoms with Gasteiger partial charge in [-0.25, -0.2) is 9.97 Å². The number of pyridine rings is 2. The lowest BCUT2D eigenvalue weighted by atomic mass is 9.99. The first-order valence-electron chi connectivity index (χ1n) is 7.87. The summed E-state index contributed by atoms with van der Waals surface area (Å²) in [6, 6.07) is 11.8. The van der Waals surface area contributed by atoms with Crippen LogP contribution < -0.4 is 10.5 Å². The van der Waals surface area contributed by atoms with Gasteiger partial charge in [-0.1, -0.05) is 29.8 Å². The molecule has 2 aromatic heterocycles. The van der Waals surface area contributed by atoms with Crippen molar-refractivity contribution in [1.29, 1.82) is 0 Å². The molecule has 0 unspecified atom stereocenters. The Morgan fingerprint density at radius 1 is 1.04 bits per heavy atom. The van der Waals surface area contributed by atoms with Crippen LogP contribution in [0.1, 0.15) is 11.1 Å². The topological polar surface area (TPSA) is 98.0 Å². The van der Waals surface area contributed by atoms with E-state index in [4.69, 9.17) is 17.3 Å². The van der Waals surface area contributed by atoms with Crippen molar-refractivity contribution in [2.45, 2.75) is 18.9 Å². The van der Waals surface area contributed by atoms with E-state index in [2.05, 4.69) is 30.6 Å². The number of aryl methyl sites for hydroxylation is 2. The van der Waals surface area contributed by atoms with Crippen molar-refractivity contribution in [3.63, 3.8) is 0 Å². The third-order valence-corrected chi connectivity index (χ3v) is 6.16. The molecule has 1 aromatic carbocycles. The molecule has 0 saturated carbocycles. The standard InChI is InChI=1S/C18H16BrClN4O2S/c1-10-4-3-5-11(2)16(10)17-13(20)7-8-14(22-17)24-27(25,26)15-9-6-12(19)18(21)23-15/h3-9H,1-2H3,(H2,21,23)(H,22,24). The van der Waals surface area contributed by atoms with Crippen LogP contribution >= 0.6 is 27.5 Å². The lowest BCUT2D eigenvalue weighted by molar-refractivity contribution is 0.597. The van der Waals surface area contributed by atoms with E-state index >= 15 is 0 Å². The van der Waals surface area contributed by atoms with Crippen LogP contribution in [0.15, 0.2) is 52.0 Å². The molecule has 0 spiro atoms. The molecule has 3 aromatic rings. The maximum atomic E-state index is 12.6. The van der Waals surface area contributed by atoms with E-state index in [-0.39, 0.29) is 16.7 Å². The fraction of sp³-hybridized carbons (Fsp3) is 0.111. The Morgan fingerprint density at radius 2 is 1.70 bits per heavy atom. The summed E-state index contributed by atoms with van der Waals surface area (Å²) in [4.78, 5) is 8.32. The Labute approximate surface area is 171 Å². The molecule has 0 saturated heterocycles. The van der Waals surface area contributed by atoms with Crippen LogP contribution in [0.5, 0.6) is 0 Å². The van der Waals surface area contributed by atoms with E-state index < -0.39 is 10.0 Å². The molecule has 2 heterocycles. The van der Waals surface area contributed by atoms with Crippen LogP contribution in [0.3, 0.4) is 0 Å². The quantitative estimate of drug-likeness (QED) is 0.586. The van der Waals surface area contributed by atoms with Crippen LogP contribution in [-0.2, 0) is 10.0 Å². The fourth-order valence-corrected chi connectivity index (χ4v) is 4.02. The van der Waals surface area contributed by atoms with Gasteiger partial charge in [-0.3, -0.25) is 4.72 Å². The average Bonchev–Trinajstić information content (AvgIpc) is 2.59. The van der Waals surface area contributed by atoms with Gasteiger partial charge in [0.1, 0.15) is 11.6 Å². The number of anilines is 2. The first-order valence-corrected chi connectivity index (χ1v) is 10.5. The highest BCUT2D eigenvalue weighted by Gasteiger charge is 2.19. The van der Waals surface area contributed by atoms with Crippen LogP contribution in [0, 0.1) is 13.8 Å². The molecule has 3 N–H and O–H groups in total. The lowest BCUT2D eigenvalue weighted by Gasteiger charge is -2.13. The second kappa shape index (κ2) is 7.46. The maximum Gasteiger partial charge on any atom is 0.280 e. The predicted octanol–water partition coefficient (Wildman–Crippen LogP) is 4.56. The summed E-state index contributed by atoms with van der Waals surface area (Å²) < 4.78 is 28.2. The number of rotatable bonds is 4. The summed E-state index contributed by atoms with van der Waals surface area (Å²) in [7, 11) is -3.95. The molecule has 3 rings (SSSR count). The molecule has 0 radical (unpaired) electrons. The normalized spacial score (nSPS) is 11.4.